The van der Waals surface area contributed by atoms with E-state index in [2.05, 4.69) is 5.32 Å². The van der Waals surface area contributed by atoms with Crippen LogP contribution in [0.15, 0.2) is 18.2 Å². The van der Waals surface area contributed by atoms with Crippen LogP contribution in [-0.2, 0) is 9.53 Å². The van der Waals surface area contributed by atoms with Gasteiger partial charge in [0.05, 0.1) is 4.99 Å². The van der Waals surface area contributed by atoms with E-state index >= 15 is 0 Å². The van der Waals surface area contributed by atoms with Crippen LogP contribution in [-0.4, -0.2) is 24.1 Å². The van der Waals surface area contributed by atoms with Crippen LogP contribution in [0.4, 0.5) is 5.69 Å². The number of aryl methyl sites for hydroxylation is 1. The van der Waals surface area contributed by atoms with Gasteiger partial charge >= 0.3 is 0 Å². The van der Waals surface area contributed by atoms with E-state index in [9.17, 15) is 4.79 Å². The van der Waals surface area contributed by atoms with Crippen molar-refractivity contribution in [3.8, 4) is 0 Å². The summed E-state index contributed by atoms with van der Waals surface area (Å²) in [6.45, 7) is 5.03. The van der Waals surface area contributed by atoms with Gasteiger partial charge in [-0.1, -0.05) is 24.4 Å². The first-order valence-electron chi connectivity index (χ1n) is 6.73. The highest BCUT2D eigenvalue weighted by atomic mass is 32.1. The van der Waals surface area contributed by atoms with Crippen LogP contribution in [0.5, 0.6) is 0 Å². The van der Waals surface area contributed by atoms with Crippen LogP contribution in [0.25, 0.3) is 0 Å². The lowest BCUT2D eigenvalue weighted by Gasteiger charge is -2.34. The molecule has 0 bridgehead atoms. The Bertz CT molecular complexity index is 537. The van der Waals surface area contributed by atoms with Crippen molar-refractivity contribution in [2.75, 3.05) is 18.5 Å². The molecule has 1 aliphatic heterocycles. The summed E-state index contributed by atoms with van der Waals surface area (Å²) < 4.78 is 5.32. The summed E-state index contributed by atoms with van der Waals surface area (Å²) >= 11 is 5.14. The monoisotopic (exact) mass is 292 g/mol. The fourth-order valence-electron chi connectivity index (χ4n) is 2.43. The van der Waals surface area contributed by atoms with Crippen molar-refractivity contribution in [1.29, 1.82) is 0 Å². The van der Waals surface area contributed by atoms with Gasteiger partial charge in [-0.25, -0.2) is 0 Å². The summed E-state index contributed by atoms with van der Waals surface area (Å²) in [5.74, 6) is -0.123. The molecule has 1 aromatic rings. The van der Waals surface area contributed by atoms with Crippen LogP contribution in [0, 0.1) is 19.3 Å². The number of benzene rings is 1. The molecule has 0 aliphatic carbocycles. The first kappa shape index (κ1) is 14.9. The Kier molecular flexibility index (Phi) is 4.40. The highest BCUT2D eigenvalue weighted by molar-refractivity contribution is 7.80. The van der Waals surface area contributed by atoms with Crippen LogP contribution >= 0.6 is 12.2 Å². The molecule has 0 unspecified atom stereocenters. The molecule has 0 saturated carbocycles. The largest absolute Gasteiger partial charge is 0.392 e. The number of carbonyl (C=O) groups is 1. The number of nitrogens with two attached hydrogens (primary N) is 1. The van der Waals surface area contributed by atoms with E-state index in [1.807, 2.05) is 32.0 Å². The normalized spacial score (nSPS) is 17.5. The molecule has 0 aromatic heterocycles. The molecule has 2 rings (SSSR count). The Morgan fingerprint density at radius 2 is 2.00 bits per heavy atom. The fourth-order valence-corrected chi connectivity index (χ4v) is 2.73. The number of hydrogen-bond acceptors (Lipinski definition) is 3. The highest BCUT2D eigenvalue weighted by Gasteiger charge is 2.43. The van der Waals surface area contributed by atoms with Gasteiger partial charge in [-0.2, -0.15) is 0 Å². The Morgan fingerprint density at radius 3 is 2.60 bits per heavy atom. The van der Waals surface area contributed by atoms with E-state index in [1.165, 1.54) is 0 Å². The maximum absolute atomic E-state index is 12.7. The summed E-state index contributed by atoms with van der Waals surface area (Å²) in [5.41, 5.74) is 8.07. The minimum absolute atomic E-state index is 0.123. The third-order valence-corrected chi connectivity index (χ3v) is 4.50. The quantitative estimate of drug-likeness (QED) is 0.839. The lowest BCUT2D eigenvalue weighted by atomic mass is 9.79. The number of anilines is 1. The van der Waals surface area contributed by atoms with E-state index < -0.39 is 5.41 Å². The molecule has 3 N–H and O–H groups in total. The zero-order chi connectivity index (χ0) is 14.8. The second-order valence-electron chi connectivity index (χ2n) is 5.26. The first-order chi connectivity index (χ1) is 9.47. The summed E-state index contributed by atoms with van der Waals surface area (Å²) in [6, 6.07) is 5.84. The van der Waals surface area contributed by atoms with Gasteiger partial charge in [0, 0.05) is 18.9 Å². The molecule has 1 aliphatic rings. The zero-order valence-corrected chi connectivity index (χ0v) is 12.7. The molecule has 5 heteroatoms. The Labute approximate surface area is 124 Å². The lowest BCUT2D eigenvalue weighted by molar-refractivity contribution is -0.126. The van der Waals surface area contributed by atoms with E-state index in [0.717, 1.165) is 16.8 Å². The SMILES string of the molecule is Cc1cccc(NC(=O)C2(C(N)=S)CCOCC2)c1C. The molecule has 1 aromatic carbocycles. The number of nitrogens with one attached hydrogen (secondary N) is 1. The fraction of sp³-hybridized carbons (Fsp3) is 0.467. The molecule has 0 atom stereocenters. The standard InChI is InChI=1S/C15H20N2O2S/c1-10-4-3-5-12(11(10)2)17-14(18)15(13(16)20)6-8-19-9-7-15/h3-5H,6-9H2,1-2H3,(H2,16,20)(H,17,18). The minimum Gasteiger partial charge on any atom is -0.392 e. The third kappa shape index (κ3) is 2.69. The van der Waals surface area contributed by atoms with Crippen LogP contribution in [0.2, 0.25) is 0 Å². The molecule has 20 heavy (non-hydrogen) atoms. The van der Waals surface area contributed by atoms with Gasteiger partial charge in [0.1, 0.15) is 5.41 Å². The highest BCUT2D eigenvalue weighted by Crippen LogP contribution is 2.33. The Balaban J connectivity index is 2.25. The van der Waals surface area contributed by atoms with Crippen LogP contribution < -0.4 is 11.1 Å². The van der Waals surface area contributed by atoms with E-state index in [-0.39, 0.29) is 10.9 Å². The first-order valence-corrected chi connectivity index (χ1v) is 7.13. The number of rotatable bonds is 3. The topological polar surface area (TPSA) is 64.4 Å². The van der Waals surface area contributed by atoms with Crippen molar-refractivity contribution in [2.45, 2.75) is 26.7 Å². The lowest BCUT2D eigenvalue weighted by Crippen LogP contribution is -2.49. The van der Waals surface area contributed by atoms with Gasteiger partial charge in [0.15, 0.2) is 0 Å². The summed E-state index contributed by atoms with van der Waals surface area (Å²) in [6.07, 6.45) is 1.08. The Hall–Kier alpha value is -1.46. The van der Waals surface area contributed by atoms with Gasteiger partial charge < -0.3 is 15.8 Å². The van der Waals surface area contributed by atoms with Gasteiger partial charge in [0.2, 0.25) is 5.91 Å². The van der Waals surface area contributed by atoms with Crippen molar-refractivity contribution < 1.29 is 9.53 Å². The average molecular weight is 292 g/mol. The van der Waals surface area contributed by atoms with Crippen LogP contribution in [0.3, 0.4) is 0 Å². The maximum atomic E-state index is 12.7. The molecule has 1 amide bonds. The molecular weight excluding hydrogens is 272 g/mol. The zero-order valence-electron chi connectivity index (χ0n) is 11.9. The van der Waals surface area contributed by atoms with Crippen molar-refractivity contribution in [2.24, 2.45) is 11.1 Å². The van der Waals surface area contributed by atoms with Gasteiger partial charge in [0.25, 0.3) is 0 Å². The van der Waals surface area contributed by atoms with Gasteiger partial charge in [-0.05, 0) is 43.9 Å². The molecule has 0 radical (unpaired) electrons. The number of hydrogen-bond donors (Lipinski definition) is 2. The van der Waals surface area contributed by atoms with E-state index in [4.69, 9.17) is 22.7 Å². The molecule has 0 spiro atoms. The van der Waals surface area contributed by atoms with E-state index in [0.29, 0.717) is 26.1 Å². The molecule has 4 nitrogen and oxygen atoms in total. The number of amides is 1. The molecule has 108 valence electrons. The maximum Gasteiger partial charge on any atom is 0.237 e. The minimum atomic E-state index is -0.788. The van der Waals surface area contributed by atoms with Crippen molar-refractivity contribution in [3.63, 3.8) is 0 Å². The van der Waals surface area contributed by atoms with Crippen molar-refractivity contribution >= 4 is 28.8 Å². The number of carbonyl (C=O) groups excluding carboxylic acids is 1. The van der Waals surface area contributed by atoms with Crippen molar-refractivity contribution in [3.05, 3.63) is 29.3 Å². The second kappa shape index (κ2) is 5.89. The van der Waals surface area contributed by atoms with E-state index in [1.54, 1.807) is 0 Å². The summed E-state index contributed by atoms with van der Waals surface area (Å²) in [5, 5.41) is 2.98. The average Bonchev–Trinajstić information content (AvgIpc) is 2.44. The van der Waals surface area contributed by atoms with Crippen LogP contribution in [0.1, 0.15) is 24.0 Å². The molecule has 1 saturated heterocycles. The molecule has 1 heterocycles. The predicted molar refractivity (Wildman–Crippen MR) is 83.8 cm³/mol. The number of thiocarbonyl (C=S) groups is 1. The summed E-state index contributed by atoms with van der Waals surface area (Å²) in [4.78, 5) is 12.9. The predicted octanol–water partition coefficient (Wildman–Crippen LogP) is 2.32. The summed E-state index contributed by atoms with van der Waals surface area (Å²) in [7, 11) is 0. The van der Waals surface area contributed by atoms with Crippen molar-refractivity contribution in [1.82, 2.24) is 0 Å². The van der Waals surface area contributed by atoms with Gasteiger partial charge in [-0.3, -0.25) is 4.79 Å². The number of ether oxygens (including phenoxy) is 1. The van der Waals surface area contributed by atoms with Gasteiger partial charge in [-0.15, -0.1) is 0 Å². The molecular formula is C15H20N2O2S. The smallest absolute Gasteiger partial charge is 0.237 e. The second-order valence-corrected chi connectivity index (χ2v) is 5.70. The molecule has 1 fully saturated rings. The Morgan fingerprint density at radius 1 is 1.35 bits per heavy atom. The third-order valence-electron chi connectivity index (χ3n) is 4.11.